The number of hydrogen-bond acceptors (Lipinski definition) is 3. The summed E-state index contributed by atoms with van der Waals surface area (Å²) in [6.45, 7) is 10.0. The highest BCUT2D eigenvalue weighted by molar-refractivity contribution is 5.35. The van der Waals surface area contributed by atoms with Crippen molar-refractivity contribution in [1.82, 2.24) is 4.90 Å². The molecule has 3 nitrogen and oxygen atoms in total. The summed E-state index contributed by atoms with van der Waals surface area (Å²) in [6, 6.07) is 8.19. The van der Waals surface area contributed by atoms with Crippen molar-refractivity contribution in [2.45, 2.75) is 52.1 Å². The van der Waals surface area contributed by atoms with Crippen LogP contribution in [0.4, 0.5) is 0 Å². The molecule has 1 aliphatic rings. The Bertz CT molecular complexity index is 441. The van der Waals surface area contributed by atoms with Gasteiger partial charge in [0.15, 0.2) is 0 Å². The minimum absolute atomic E-state index is 0.375. The molecule has 1 aromatic rings. The summed E-state index contributed by atoms with van der Waals surface area (Å²) in [5, 5.41) is 10.2. The molecular weight excluding hydrogens is 274 g/mol. The normalized spacial score (nSPS) is 19.8. The van der Waals surface area contributed by atoms with E-state index in [1.807, 2.05) is 12.1 Å². The third kappa shape index (κ3) is 4.99. The summed E-state index contributed by atoms with van der Waals surface area (Å²) in [6.07, 6.45) is 3.16. The van der Waals surface area contributed by atoms with Crippen molar-refractivity contribution in [2.24, 2.45) is 5.92 Å². The summed E-state index contributed by atoms with van der Waals surface area (Å²) in [5.41, 5.74) is 1.24. The molecule has 0 aliphatic carbocycles. The van der Waals surface area contributed by atoms with Gasteiger partial charge in [0.25, 0.3) is 0 Å². The van der Waals surface area contributed by atoms with Gasteiger partial charge in [-0.1, -0.05) is 39.0 Å². The number of para-hydroxylation sites is 1. The number of piperidine rings is 1. The molecule has 1 heterocycles. The molecule has 1 aromatic carbocycles. The molecule has 22 heavy (non-hydrogen) atoms. The second kappa shape index (κ2) is 8.54. The fourth-order valence-electron chi connectivity index (χ4n) is 3.02. The molecule has 1 saturated heterocycles. The molecule has 0 saturated carbocycles. The zero-order valence-electron chi connectivity index (χ0n) is 14.3. The minimum atomic E-state index is -0.418. The maximum absolute atomic E-state index is 10.2. The van der Waals surface area contributed by atoms with Crippen LogP contribution in [0.1, 0.15) is 51.5 Å². The Balaban J connectivity index is 1.82. The topological polar surface area (TPSA) is 32.7 Å². The van der Waals surface area contributed by atoms with Gasteiger partial charge in [0.05, 0.1) is 0 Å². The van der Waals surface area contributed by atoms with E-state index in [0.29, 0.717) is 12.5 Å². The molecule has 0 aromatic heterocycles. The van der Waals surface area contributed by atoms with Crippen molar-refractivity contribution in [3.63, 3.8) is 0 Å². The summed E-state index contributed by atoms with van der Waals surface area (Å²) in [5.74, 6) is 2.23. The molecule has 0 spiro atoms. The Morgan fingerprint density at radius 2 is 1.95 bits per heavy atom. The Labute approximate surface area is 135 Å². The summed E-state index contributed by atoms with van der Waals surface area (Å²) in [7, 11) is 0. The van der Waals surface area contributed by atoms with Gasteiger partial charge in [0, 0.05) is 6.54 Å². The number of aliphatic hydroxyl groups is 1. The lowest BCUT2D eigenvalue weighted by molar-refractivity contribution is 0.0559. The van der Waals surface area contributed by atoms with E-state index in [9.17, 15) is 5.11 Å². The average Bonchev–Trinajstić information content (AvgIpc) is 2.54. The van der Waals surface area contributed by atoms with Crippen LogP contribution in [0.3, 0.4) is 0 Å². The first-order valence-electron chi connectivity index (χ1n) is 8.72. The quantitative estimate of drug-likeness (QED) is 0.834. The number of ether oxygens (including phenoxy) is 1. The molecule has 2 atom stereocenters. The van der Waals surface area contributed by atoms with Crippen molar-refractivity contribution >= 4 is 0 Å². The van der Waals surface area contributed by atoms with Crippen molar-refractivity contribution in [2.75, 3.05) is 26.2 Å². The van der Waals surface area contributed by atoms with Gasteiger partial charge in [-0.3, -0.25) is 0 Å². The van der Waals surface area contributed by atoms with Crippen LogP contribution in [-0.4, -0.2) is 42.4 Å². The van der Waals surface area contributed by atoms with E-state index >= 15 is 0 Å². The number of nitrogens with zero attached hydrogens (tertiary/aromatic N) is 1. The van der Waals surface area contributed by atoms with Crippen LogP contribution in [-0.2, 0) is 0 Å². The van der Waals surface area contributed by atoms with Crippen molar-refractivity contribution in [3.8, 4) is 5.75 Å². The Hall–Kier alpha value is -1.06. The van der Waals surface area contributed by atoms with Crippen LogP contribution in [0, 0.1) is 5.92 Å². The lowest BCUT2D eigenvalue weighted by atomic mass is 9.98. The predicted octanol–water partition coefficient (Wildman–Crippen LogP) is 3.67. The fourth-order valence-corrected chi connectivity index (χ4v) is 3.02. The van der Waals surface area contributed by atoms with E-state index in [2.05, 4.69) is 37.8 Å². The van der Waals surface area contributed by atoms with Crippen LogP contribution < -0.4 is 4.74 Å². The number of β-amino-alcohol motifs (C(OH)–C–C–N with tert-alkyl or cyclic N) is 1. The molecular formula is C19H31NO2. The van der Waals surface area contributed by atoms with Crippen LogP contribution in [0.5, 0.6) is 5.75 Å². The lowest BCUT2D eigenvalue weighted by Crippen LogP contribution is -2.40. The number of likely N-dealkylation sites (tertiary alicyclic amines) is 1. The van der Waals surface area contributed by atoms with Crippen molar-refractivity contribution in [3.05, 3.63) is 29.8 Å². The van der Waals surface area contributed by atoms with Gasteiger partial charge in [-0.2, -0.15) is 0 Å². The predicted molar refractivity (Wildman–Crippen MR) is 91.5 cm³/mol. The molecule has 0 bridgehead atoms. The van der Waals surface area contributed by atoms with Gasteiger partial charge in [-0.15, -0.1) is 0 Å². The first kappa shape index (κ1) is 17.3. The highest BCUT2D eigenvalue weighted by Gasteiger charge is 2.19. The molecule has 1 N–H and O–H groups in total. The monoisotopic (exact) mass is 305 g/mol. The highest BCUT2D eigenvalue weighted by Crippen LogP contribution is 2.28. The molecule has 2 rings (SSSR count). The summed E-state index contributed by atoms with van der Waals surface area (Å²) in [4.78, 5) is 2.36. The van der Waals surface area contributed by atoms with Gasteiger partial charge in [0.2, 0.25) is 0 Å². The third-order valence-corrected chi connectivity index (χ3v) is 4.84. The van der Waals surface area contributed by atoms with Crippen LogP contribution >= 0.6 is 0 Å². The van der Waals surface area contributed by atoms with Crippen LogP contribution in [0.25, 0.3) is 0 Å². The smallest absolute Gasteiger partial charge is 0.122 e. The average molecular weight is 305 g/mol. The molecule has 124 valence electrons. The fraction of sp³-hybridized carbons (Fsp3) is 0.684. The van der Waals surface area contributed by atoms with Gasteiger partial charge < -0.3 is 14.7 Å². The SMILES string of the molecule is CC[C@H](C)c1ccccc1OC[C@@H](O)CN1CCC(C)CC1. The van der Waals surface area contributed by atoms with Gasteiger partial charge in [0.1, 0.15) is 18.5 Å². The zero-order valence-corrected chi connectivity index (χ0v) is 14.3. The molecule has 0 amide bonds. The van der Waals surface area contributed by atoms with E-state index in [1.54, 1.807) is 0 Å². The Morgan fingerprint density at radius 3 is 2.64 bits per heavy atom. The summed E-state index contributed by atoms with van der Waals surface area (Å²) >= 11 is 0. The van der Waals surface area contributed by atoms with E-state index < -0.39 is 6.10 Å². The Morgan fingerprint density at radius 1 is 1.27 bits per heavy atom. The number of aliphatic hydroxyl groups excluding tert-OH is 1. The number of hydrogen-bond donors (Lipinski definition) is 1. The molecule has 0 unspecified atom stereocenters. The van der Waals surface area contributed by atoms with Gasteiger partial charge in [-0.25, -0.2) is 0 Å². The maximum Gasteiger partial charge on any atom is 0.122 e. The largest absolute Gasteiger partial charge is 0.491 e. The standard InChI is InChI=1S/C19H31NO2/c1-4-16(3)18-7-5-6-8-19(18)22-14-17(21)13-20-11-9-15(2)10-12-20/h5-8,15-17,21H,4,9-14H2,1-3H3/t16-,17-/m0/s1. The molecule has 1 fully saturated rings. The Kier molecular flexibility index (Phi) is 6.71. The first-order chi connectivity index (χ1) is 10.6. The van der Waals surface area contributed by atoms with E-state index in [1.165, 1.54) is 18.4 Å². The number of rotatable bonds is 7. The lowest BCUT2D eigenvalue weighted by Gasteiger charge is -2.31. The first-order valence-corrected chi connectivity index (χ1v) is 8.72. The molecule has 0 radical (unpaired) electrons. The van der Waals surface area contributed by atoms with Gasteiger partial charge in [-0.05, 0) is 55.8 Å². The second-order valence-corrected chi connectivity index (χ2v) is 6.80. The van der Waals surface area contributed by atoms with Gasteiger partial charge >= 0.3 is 0 Å². The second-order valence-electron chi connectivity index (χ2n) is 6.80. The highest BCUT2D eigenvalue weighted by atomic mass is 16.5. The summed E-state index contributed by atoms with van der Waals surface area (Å²) < 4.78 is 5.91. The van der Waals surface area contributed by atoms with E-state index in [4.69, 9.17) is 4.74 Å². The molecule has 1 aliphatic heterocycles. The zero-order chi connectivity index (χ0) is 15.9. The van der Waals surface area contributed by atoms with Crippen molar-refractivity contribution in [1.29, 1.82) is 0 Å². The van der Waals surface area contributed by atoms with Crippen LogP contribution in [0.2, 0.25) is 0 Å². The number of benzene rings is 1. The maximum atomic E-state index is 10.2. The van der Waals surface area contributed by atoms with Crippen molar-refractivity contribution < 1.29 is 9.84 Å². The van der Waals surface area contributed by atoms with E-state index in [0.717, 1.165) is 37.7 Å². The van der Waals surface area contributed by atoms with Crippen LogP contribution in [0.15, 0.2) is 24.3 Å². The van der Waals surface area contributed by atoms with E-state index in [-0.39, 0.29) is 0 Å². The minimum Gasteiger partial charge on any atom is -0.491 e. The third-order valence-electron chi connectivity index (χ3n) is 4.84. The molecule has 3 heteroatoms.